The Morgan fingerprint density at radius 2 is 1.87 bits per heavy atom. The maximum Gasteiger partial charge on any atom is 0.379 e. The minimum Gasteiger partial charge on any atom is -0.463 e. The molecule has 0 aliphatic rings. The SMILES string of the molecule is COC(=O)C(=O)c1ccc(Br)c(F)c1F. The fourth-order valence-corrected chi connectivity index (χ4v) is 1.21. The molecule has 0 N–H and O–H groups in total. The number of rotatable bonds is 2. The Hall–Kier alpha value is -1.30. The van der Waals surface area contributed by atoms with Crippen LogP contribution in [-0.4, -0.2) is 18.9 Å². The van der Waals surface area contributed by atoms with Gasteiger partial charge >= 0.3 is 5.97 Å². The number of ether oxygens (including phenoxy) is 1. The van der Waals surface area contributed by atoms with Crippen molar-refractivity contribution in [1.82, 2.24) is 0 Å². The summed E-state index contributed by atoms with van der Waals surface area (Å²) in [5, 5.41) is 0. The van der Waals surface area contributed by atoms with E-state index in [9.17, 15) is 18.4 Å². The third-order valence-electron chi connectivity index (χ3n) is 1.65. The minimum atomic E-state index is -1.38. The van der Waals surface area contributed by atoms with Gasteiger partial charge in [-0.3, -0.25) is 4.79 Å². The second-order valence-electron chi connectivity index (χ2n) is 2.54. The maximum absolute atomic E-state index is 13.2. The van der Waals surface area contributed by atoms with Gasteiger partial charge in [0.05, 0.1) is 17.1 Å². The van der Waals surface area contributed by atoms with Crippen LogP contribution < -0.4 is 0 Å². The van der Waals surface area contributed by atoms with Gasteiger partial charge in [-0.25, -0.2) is 13.6 Å². The molecule has 1 aromatic rings. The summed E-state index contributed by atoms with van der Waals surface area (Å²) in [7, 11) is 0.980. The number of carbonyl (C=O) groups excluding carboxylic acids is 2. The first-order chi connectivity index (χ1) is 6.99. The quantitative estimate of drug-likeness (QED) is 0.360. The Morgan fingerprint density at radius 1 is 1.27 bits per heavy atom. The van der Waals surface area contributed by atoms with Crippen LogP contribution >= 0.6 is 15.9 Å². The molecular formula is C9H5BrF2O3. The number of carbonyl (C=O) groups is 2. The Labute approximate surface area is 92.2 Å². The summed E-state index contributed by atoms with van der Waals surface area (Å²) < 4.78 is 30.1. The van der Waals surface area contributed by atoms with Crippen LogP contribution in [0.3, 0.4) is 0 Å². The molecule has 80 valence electrons. The molecule has 0 saturated heterocycles. The molecule has 3 nitrogen and oxygen atoms in total. The molecule has 0 aromatic heterocycles. The van der Waals surface area contributed by atoms with Gasteiger partial charge in [-0.2, -0.15) is 0 Å². The number of esters is 1. The molecule has 1 rings (SSSR count). The van der Waals surface area contributed by atoms with E-state index in [1.54, 1.807) is 0 Å². The lowest BCUT2D eigenvalue weighted by Gasteiger charge is -2.02. The summed E-state index contributed by atoms with van der Waals surface area (Å²) in [5.41, 5.74) is -0.650. The van der Waals surface area contributed by atoms with E-state index < -0.39 is 29.0 Å². The second-order valence-corrected chi connectivity index (χ2v) is 3.40. The molecule has 0 aliphatic carbocycles. The summed E-state index contributed by atoms with van der Waals surface area (Å²) in [6, 6.07) is 2.14. The van der Waals surface area contributed by atoms with Gasteiger partial charge in [-0.1, -0.05) is 0 Å². The van der Waals surface area contributed by atoms with Gasteiger partial charge in [-0.15, -0.1) is 0 Å². The number of halogens is 3. The maximum atomic E-state index is 13.2. The lowest BCUT2D eigenvalue weighted by atomic mass is 10.1. The normalized spacial score (nSPS) is 9.87. The summed E-state index contributed by atoms with van der Waals surface area (Å²) in [6.45, 7) is 0. The van der Waals surface area contributed by atoms with Crippen molar-refractivity contribution in [2.45, 2.75) is 0 Å². The third kappa shape index (κ3) is 2.20. The van der Waals surface area contributed by atoms with Crippen molar-refractivity contribution in [2.75, 3.05) is 7.11 Å². The molecule has 0 spiro atoms. The largest absolute Gasteiger partial charge is 0.463 e. The fourth-order valence-electron chi connectivity index (χ4n) is 0.904. The van der Waals surface area contributed by atoms with Crippen LogP contribution in [0.25, 0.3) is 0 Å². The zero-order chi connectivity index (χ0) is 11.6. The van der Waals surface area contributed by atoms with Crippen molar-refractivity contribution in [3.05, 3.63) is 33.8 Å². The Balaban J connectivity index is 3.22. The van der Waals surface area contributed by atoms with Gasteiger partial charge in [0.15, 0.2) is 11.6 Å². The first kappa shape index (κ1) is 11.8. The molecule has 0 aliphatic heterocycles. The minimum absolute atomic E-state index is 0.124. The topological polar surface area (TPSA) is 43.4 Å². The highest BCUT2D eigenvalue weighted by Gasteiger charge is 2.23. The van der Waals surface area contributed by atoms with Gasteiger partial charge in [-0.05, 0) is 28.1 Å². The molecule has 0 atom stereocenters. The molecule has 0 heterocycles. The number of Topliss-reactive ketones (excluding diaryl/α,β-unsaturated/α-hetero) is 1. The van der Waals surface area contributed by atoms with Crippen LogP contribution in [0.1, 0.15) is 10.4 Å². The average molecular weight is 279 g/mol. The monoisotopic (exact) mass is 278 g/mol. The van der Waals surface area contributed by atoms with Gasteiger partial charge < -0.3 is 4.74 Å². The summed E-state index contributed by atoms with van der Waals surface area (Å²) >= 11 is 2.74. The van der Waals surface area contributed by atoms with Crippen LogP contribution in [0.5, 0.6) is 0 Å². The molecule has 0 unspecified atom stereocenters. The van der Waals surface area contributed by atoms with Crippen molar-refractivity contribution in [2.24, 2.45) is 0 Å². The molecular weight excluding hydrogens is 274 g/mol. The number of benzene rings is 1. The average Bonchev–Trinajstić information content (AvgIpc) is 2.24. The Bertz CT molecular complexity index is 432. The molecule has 1 aromatic carbocycles. The van der Waals surface area contributed by atoms with Crippen LogP contribution in [0.15, 0.2) is 16.6 Å². The third-order valence-corrected chi connectivity index (χ3v) is 2.26. The van der Waals surface area contributed by atoms with Crippen LogP contribution in [-0.2, 0) is 9.53 Å². The lowest BCUT2D eigenvalue weighted by molar-refractivity contribution is -0.135. The highest BCUT2D eigenvalue weighted by molar-refractivity contribution is 9.10. The molecule has 15 heavy (non-hydrogen) atoms. The molecule has 0 fully saturated rings. The Morgan fingerprint density at radius 3 is 2.40 bits per heavy atom. The van der Waals surface area contributed by atoms with Crippen molar-refractivity contribution in [3.8, 4) is 0 Å². The summed E-state index contributed by atoms with van der Waals surface area (Å²) in [6.07, 6.45) is 0. The van der Waals surface area contributed by atoms with E-state index >= 15 is 0 Å². The zero-order valence-corrected chi connectivity index (χ0v) is 9.10. The van der Waals surface area contributed by atoms with Gasteiger partial charge in [0.25, 0.3) is 5.78 Å². The number of hydrogen-bond acceptors (Lipinski definition) is 3. The number of methoxy groups -OCH3 is 1. The van der Waals surface area contributed by atoms with Crippen molar-refractivity contribution >= 4 is 27.7 Å². The number of hydrogen-bond donors (Lipinski definition) is 0. The van der Waals surface area contributed by atoms with Crippen LogP contribution in [0.4, 0.5) is 8.78 Å². The number of ketones is 1. The predicted octanol–water partition coefficient (Wildman–Crippen LogP) is 2.08. The first-order valence-electron chi connectivity index (χ1n) is 3.75. The van der Waals surface area contributed by atoms with Crippen LogP contribution in [0, 0.1) is 11.6 Å². The molecule has 0 radical (unpaired) electrons. The van der Waals surface area contributed by atoms with Gasteiger partial charge in [0.2, 0.25) is 0 Å². The van der Waals surface area contributed by atoms with E-state index in [0.29, 0.717) is 0 Å². The van der Waals surface area contributed by atoms with E-state index in [-0.39, 0.29) is 4.47 Å². The summed E-state index contributed by atoms with van der Waals surface area (Å²) in [4.78, 5) is 22.0. The molecule has 0 amide bonds. The van der Waals surface area contributed by atoms with E-state index in [4.69, 9.17) is 0 Å². The highest BCUT2D eigenvalue weighted by atomic mass is 79.9. The van der Waals surface area contributed by atoms with Gasteiger partial charge in [0.1, 0.15) is 0 Å². The standard InChI is InChI=1S/C9H5BrF2O3/c1-15-9(14)8(13)4-2-3-5(10)7(12)6(4)11/h2-3H,1H3. The second kappa shape index (κ2) is 4.48. The van der Waals surface area contributed by atoms with Gasteiger partial charge in [0, 0.05) is 0 Å². The fraction of sp³-hybridized carbons (Fsp3) is 0.111. The summed E-state index contributed by atoms with van der Waals surface area (Å²) in [5.74, 6) is -5.05. The lowest BCUT2D eigenvalue weighted by Crippen LogP contribution is -2.17. The van der Waals surface area contributed by atoms with Crippen molar-refractivity contribution in [1.29, 1.82) is 0 Å². The highest BCUT2D eigenvalue weighted by Crippen LogP contribution is 2.21. The first-order valence-corrected chi connectivity index (χ1v) is 4.54. The van der Waals surface area contributed by atoms with E-state index in [1.165, 1.54) is 0 Å². The van der Waals surface area contributed by atoms with E-state index in [0.717, 1.165) is 19.2 Å². The predicted molar refractivity (Wildman–Crippen MR) is 50.4 cm³/mol. The molecule has 0 saturated carbocycles. The van der Waals surface area contributed by atoms with Crippen LogP contribution in [0.2, 0.25) is 0 Å². The van der Waals surface area contributed by atoms with Crippen molar-refractivity contribution in [3.63, 3.8) is 0 Å². The molecule has 0 bridgehead atoms. The van der Waals surface area contributed by atoms with E-state index in [1.807, 2.05) is 0 Å². The zero-order valence-electron chi connectivity index (χ0n) is 7.51. The molecule has 6 heteroatoms. The van der Waals surface area contributed by atoms with E-state index in [2.05, 4.69) is 20.7 Å². The Kier molecular flexibility index (Phi) is 3.52. The smallest absolute Gasteiger partial charge is 0.379 e. The van der Waals surface area contributed by atoms with Crippen molar-refractivity contribution < 1.29 is 23.1 Å².